The Morgan fingerprint density at radius 1 is 1.41 bits per heavy atom. The standard InChI is InChI=1S/C11H10BrF3O2/c1-6-3-4-8(10(16)7(2)12)9(5-6)17-11(13,14)15/h3-5,7H,1-2H3. The number of aryl methyl sites for hydroxylation is 1. The number of hydrogen-bond donors (Lipinski definition) is 0. The number of rotatable bonds is 3. The Kier molecular flexibility index (Phi) is 4.19. The van der Waals surface area contributed by atoms with E-state index in [1.807, 2.05) is 0 Å². The predicted octanol–water partition coefficient (Wildman–Crippen LogP) is 3.86. The van der Waals surface area contributed by atoms with Crippen LogP contribution in [-0.4, -0.2) is 17.0 Å². The molecule has 1 atom stereocenters. The third-order valence-corrected chi connectivity index (χ3v) is 2.41. The molecule has 0 bridgehead atoms. The van der Waals surface area contributed by atoms with Crippen molar-refractivity contribution in [1.82, 2.24) is 0 Å². The van der Waals surface area contributed by atoms with Crippen LogP contribution in [0.1, 0.15) is 22.8 Å². The molecular formula is C11H10BrF3O2. The van der Waals surface area contributed by atoms with Crippen molar-refractivity contribution < 1.29 is 22.7 Å². The van der Waals surface area contributed by atoms with Gasteiger partial charge in [0.1, 0.15) is 5.75 Å². The van der Waals surface area contributed by atoms with Crippen molar-refractivity contribution in [2.45, 2.75) is 25.0 Å². The van der Waals surface area contributed by atoms with Gasteiger partial charge in [0.05, 0.1) is 10.4 Å². The van der Waals surface area contributed by atoms with Gasteiger partial charge in [0, 0.05) is 0 Å². The summed E-state index contributed by atoms with van der Waals surface area (Å²) < 4.78 is 40.4. The second kappa shape index (κ2) is 5.08. The number of Topliss-reactive ketones (excluding diaryl/α,β-unsaturated/α-hetero) is 1. The molecular weight excluding hydrogens is 301 g/mol. The maximum absolute atomic E-state index is 12.2. The van der Waals surface area contributed by atoms with Crippen molar-refractivity contribution in [3.05, 3.63) is 29.3 Å². The molecule has 1 aromatic rings. The molecule has 1 aromatic carbocycles. The SMILES string of the molecule is Cc1ccc(C(=O)C(C)Br)c(OC(F)(F)F)c1. The highest BCUT2D eigenvalue weighted by Crippen LogP contribution is 2.29. The van der Waals surface area contributed by atoms with Crippen LogP contribution in [0.4, 0.5) is 13.2 Å². The van der Waals surface area contributed by atoms with Gasteiger partial charge in [0.15, 0.2) is 5.78 Å². The number of carbonyl (C=O) groups excluding carboxylic acids is 1. The normalized spacial score (nSPS) is 13.3. The molecule has 2 nitrogen and oxygen atoms in total. The molecule has 0 amide bonds. The zero-order valence-corrected chi connectivity index (χ0v) is 10.7. The number of ketones is 1. The van der Waals surface area contributed by atoms with E-state index >= 15 is 0 Å². The summed E-state index contributed by atoms with van der Waals surface area (Å²) in [6, 6.07) is 4.08. The summed E-state index contributed by atoms with van der Waals surface area (Å²) in [4.78, 5) is 11.1. The summed E-state index contributed by atoms with van der Waals surface area (Å²) in [5.41, 5.74) is 0.500. The molecule has 0 aromatic heterocycles. The van der Waals surface area contributed by atoms with Crippen LogP contribution in [-0.2, 0) is 0 Å². The predicted molar refractivity (Wildman–Crippen MR) is 60.6 cm³/mol. The molecule has 0 aliphatic carbocycles. The average molecular weight is 311 g/mol. The van der Waals surface area contributed by atoms with Gasteiger partial charge in [-0.2, -0.15) is 0 Å². The molecule has 6 heteroatoms. The minimum Gasteiger partial charge on any atom is -0.405 e. The van der Waals surface area contributed by atoms with Gasteiger partial charge in [-0.15, -0.1) is 13.2 Å². The Balaban J connectivity index is 3.17. The molecule has 94 valence electrons. The number of hydrogen-bond acceptors (Lipinski definition) is 2. The Morgan fingerprint density at radius 2 is 2.00 bits per heavy atom. The largest absolute Gasteiger partial charge is 0.573 e. The van der Waals surface area contributed by atoms with E-state index in [9.17, 15) is 18.0 Å². The first-order chi connectivity index (χ1) is 7.70. The van der Waals surface area contributed by atoms with E-state index in [0.29, 0.717) is 5.56 Å². The molecule has 0 spiro atoms. The van der Waals surface area contributed by atoms with Crippen LogP contribution in [0.25, 0.3) is 0 Å². The lowest BCUT2D eigenvalue weighted by molar-refractivity contribution is -0.274. The molecule has 0 radical (unpaired) electrons. The zero-order chi connectivity index (χ0) is 13.2. The summed E-state index contributed by atoms with van der Waals surface area (Å²) in [5.74, 6) is -0.918. The van der Waals surface area contributed by atoms with E-state index < -0.39 is 22.7 Å². The van der Waals surface area contributed by atoms with Gasteiger partial charge < -0.3 is 4.74 Å². The van der Waals surface area contributed by atoms with E-state index in [1.165, 1.54) is 12.1 Å². The van der Waals surface area contributed by atoms with Gasteiger partial charge in [0.2, 0.25) is 0 Å². The molecule has 0 saturated heterocycles. The number of alkyl halides is 4. The third-order valence-electron chi connectivity index (χ3n) is 1.99. The van der Waals surface area contributed by atoms with Crippen molar-refractivity contribution in [2.24, 2.45) is 0 Å². The summed E-state index contributed by atoms with van der Waals surface area (Å²) in [6.45, 7) is 3.16. The second-order valence-corrected chi connectivity index (χ2v) is 4.90. The van der Waals surface area contributed by atoms with E-state index in [4.69, 9.17) is 0 Å². The maximum Gasteiger partial charge on any atom is 0.573 e. The lowest BCUT2D eigenvalue weighted by atomic mass is 10.1. The van der Waals surface area contributed by atoms with Crippen molar-refractivity contribution in [3.8, 4) is 5.75 Å². The topological polar surface area (TPSA) is 26.3 Å². The zero-order valence-electron chi connectivity index (χ0n) is 9.14. The minimum atomic E-state index is -4.81. The van der Waals surface area contributed by atoms with E-state index in [1.54, 1.807) is 19.9 Å². The molecule has 0 fully saturated rings. The molecule has 0 saturated carbocycles. The number of halogens is 4. The van der Waals surface area contributed by atoms with Gasteiger partial charge in [-0.1, -0.05) is 22.0 Å². The van der Waals surface area contributed by atoms with Crippen molar-refractivity contribution in [3.63, 3.8) is 0 Å². The highest BCUT2D eigenvalue weighted by Gasteiger charge is 2.33. The average Bonchev–Trinajstić information content (AvgIpc) is 2.14. The van der Waals surface area contributed by atoms with Gasteiger partial charge >= 0.3 is 6.36 Å². The lowest BCUT2D eigenvalue weighted by Gasteiger charge is -2.14. The summed E-state index contributed by atoms with van der Waals surface area (Å²) >= 11 is 3.02. The van der Waals surface area contributed by atoms with Crippen molar-refractivity contribution >= 4 is 21.7 Å². The van der Waals surface area contributed by atoms with Crippen LogP contribution in [0.3, 0.4) is 0 Å². The Labute approximate surface area is 105 Å². The van der Waals surface area contributed by atoms with Crippen LogP contribution < -0.4 is 4.74 Å². The van der Waals surface area contributed by atoms with Crippen molar-refractivity contribution in [1.29, 1.82) is 0 Å². The first-order valence-electron chi connectivity index (χ1n) is 4.75. The van der Waals surface area contributed by atoms with E-state index in [2.05, 4.69) is 20.7 Å². The molecule has 0 heterocycles. The van der Waals surface area contributed by atoms with Gasteiger partial charge in [-0.3, -0.25) is 4.79 Å². The Hall–Kier alpha value is -1.04. The third kappa shape index (κ3) is 4.03. The molecule has 0 N–H and O–H groups in total. The summed E-state index contributed by atoms with van der Waals surface area (Å²) in [6.07, 6.45) is -4.81. The van der Waals surface area contributed by atoms with Crippen LogP contribution in [0.2, 0.25) is 0 Å². The first-order valence-corrected chi connectivity index (χ1v) is 5.67. The quantitative estimate of drug-likeness (QED) is 0.626. The summed E-state index contributed by atoms with van der Waals surface area (Å²) in [5, 5.41) is 0. The Bertz CT molecular complexity index is 427. The maximum atomic E-state index is 12.2. The minimum absolute atomic E-state index is 0.0858. The van der Waals surface area contributed by atoms with Crippen LogP contribution in [0.5, 0.6) is 5.75 Å². The van der Waals surface area contributed by atoms with Gasteiger partial charge in [-0.25, -0.2) is 0 Å². The highest BCUT2D eigenvalue weighted by atomic mass is 79.9. The number of ether oxygens (including phenoxy) is 1. The fourth-order valence-electron chi connectivity index (χ4n) is 1.26. The molecule has 17 heavy (non-hydrogen) atoms. The van der Waals surface area contributed by atoms with Crippen LogP contribution in [0.15, 0.2) is 18.2 Å². The molecule has 1 rings (SSSR count). The van der Waals surface area contributed by atoms with E-state index in [-0.39, 0.29) is 5.56 Å². The molecule has 0 aliphatic rings. The smallest absolute Gasteiger partial charge is 0.405 e. The molecule has 0 aliphatic heterocycles. The van der Waals surface area contributed by atoms with Crippen LogP contribution >= 0.6 is 15.9 Å². The van der Waals surface area contributed by atoms with E-state index in [0.717, 1.165) is 0 Å². The fourth-order valence-corrected chi connectivity index (χ4v) is 1.50. The van der Waals surface area contributed by atoms with Gasteiger partial charge in [-0.05, 0) is 31.5 Å². The number of benzene rings is 1. The second-order valence-electron chi connectivity index (χ2n) is 3.53. The fraction of sp³-hybridized carbons (Fsp3) is 0.364. The van der Waals surface area contributed by atoms with Crippen molar-refractivity contribution in [2.75, 3.05) is 0 Å². The monoisotopic (exact) mass is 310 g/mol. The highest BCUT2D eigenvalue weighted by molar-refractivity contribution is 9.10. The lowest BCUT2D eigenvalue weighted by Crippen LogP contribution is -2.20. The Morgan fingerprint density at radius 3 is 2.47 bits per heavy atom. The van der Waals surface area contributed by atoms with Crippen LogP contribution in [0, 0.1) is 6.92 Å². The summed E-state index contributed by atoms with van der Waals surface area (Å²) in [7, 11) is 0. The molecule has 1 unspecified atom stereocenters. The first kappa shape index (κ1) is 14.0. The van der Waals surface area contributed by atoms with Gasteiger partial charge in [0.25, 0.3) is 0 Å². The number of carbonyl (C=O) groups is 1.